The number of hydrogen-bond acceptors (Lipinski definition) is 4. The number of hydrogen-bond donors (Lipinski definition) is 2. The van der Waals surface area contributed by atoms with E-state index in [0.717, 1.165) is 0 Å². The van der Waals surface area contributed by atoms with Crippen LogP contribution in [-0.4, -0.2) is 17.9 Å². The fraction of sp³-hybridized carbons (Fsp3) is 0.133. The van der Waals surface area contributed by atoms with Gasteiger partial charge in [-0.25, -0.2) is 9.18 Å². The van der Waals surface area contributed by atoms with Gasteiger partial charge in [-0.2, -0.15) is 0 Å². The Labute approximate surface area is 119 Å². The molecule has 6 heteroatoms. The van der Waals surface area contributed by atoms with Crippen LogP contribution in [-0.2, 0) is 4.79 Å². The van der Waals surface area contributed by atoms with Gasteiger partial charge in [-0.05, 0) is 42.0 Å². The molecule has 5 nitrogen and oxygen atoms in total. The normalized spacial score (nSPS) is 13.8. The molecule has 0 fully saturated rings. The average molecular weight is 289 g/mol. The van der Waals surface area contributed by atoms with Gasteiger partial charge in [0.05, 0.1) is 0 Å². The topological polar surface area (TPSA) is 67.8 Å². The van der Waals surface area contributed by atoms with Crippen LogP contribution in [0, 0.1) is 5.82 Å². The van der Waals surface area contributed by atoms with Crippen molar-refractivity contribution in [2.45, 2.75) is 6.04 Å². The first-order chi connectivity index (χ1) is 10.1. The lowest BCUT2D eigenvalue weighted by Crippen LogP contribution is -2.20. The smallest absolute Gasteiger partial charge is 0.330 e. The molecule has 2 aromatic carbocycles. The number of aliphatic carboxylic acids is 1. The standard InChI is InChI=1S/C15H12FNO4/c16-10-2-4-11(5-3-10)17-14(15(18)19)9-1-6-12-13(7-9)21-8-20-12/h1-7,14,17H,8H2,(H,18,19). The van der Waals surface area contributed by atoms with Crippen molar-refractivity contribution >= 4 is 11.7 Å². The van der Waals surface area contributed by atoms with Gasteiger partial charge in [0.2, 0.25) is 6.79 Å². The highest BCUT2D eigenvalue weighted by molar-refractivity contribution is 5.79. The Kier molecular flexibility index (Phi) is 3.35. The van der Waals surface area contributed by atoms with Crippen molar-refractivity contribution in [1.29, 1.82) is 0 Å². The second kappa shape index (κ2) is 5.32. The summed E-state index contributed by atoms with van der Waals surface area (Å²) < 4.78 is 23.3. The molecule has 0 bridgehead atoms. The van der Waals surface area contributed by atoms with E-state index in [1.165, 1.54) is 24.3 Å². The van der Waals surface area contributed by atoms with Crippen molar-refractivity contribution in [3.8, 4) is 11.5 Å². The van der Waals surface area contributed by atoms with Gasteiger partial charge >= 0.3 is 5.97 Å². The SMILES string of the molecule is O=C(O)C(Nc1ccc(F)cc1)c1ccc2c(c1)OCO2. The fourth-order valence-corrected chi connectivity index (χ4v) is 2.09. The molecule has 1 heterocycles. The van der Waals surface area contributed by atoms with Crippen molar-refractivity contribution < 1.29 is 23.8 Å². The van der Waals surface area contributed by atoms with Gasteiger partial charge in [0, 0.05) is 5.69 Å². The molecule has 1 aliphatic heterocycles. The van der Waals surface area contributed by atoms with Gasteiger partial charge < -0.3 is 19.9 Å². The van der Waals surface area contributed by atoms with Crippen molar-refractivity contribution in [2.24, 2.45) is 0 Å². The summed E-state index contributed by atoms with van der Waals surface area (Å²) >= 11 is 0. The predicted octanol–water partition coefficient (Wildman–Crippen LogP) is 2.79. The van der Waals surface area contributed by atoms with Crippen molar-refractivity contribution in [3.05, 3.63) is 53.8 Å². The fourth-order valence-electron chi connectivity index (χ4n) is 2.09. The molecule has 108 valence electrons. The van der Waals surface area contributed by atoms with Crippen LogP contribution in [0.4, 0.5) is 10.1 Å². The van der Waals surface area contributed by atoms with Crippen molar-refractivity contribution in [3.63, 3.8) is 0 Å². The Morgan fingerprint density at radius 2 is 1.86 bits per heavy atom. The van der Waals surface area contributed by atoms with Gasteiger partial charge in [-0.3, -0.25) is 0 Å². The number of carboxylic acids is 1. The van der Waals surface area contributed by atoms with E-state index < -0.39 is 12.0 Å². The molecule has 0 saturated heterocycles. The minimum absolute atomic E-state index is 0.127. The Morgan fingerprint density at radius 1 is 1.14 bits per heavy atom. The lowest BCUT2D eigenvalue weighted by Gasteiger charge is -2.16. The van der Waals surface area contributed by atoms with E-state index >= 15 is 0 Å². The zero-order valence-electron chi connectivity index (χ0n) is 10.9. The summed E-state index contributed by atoms with van der Waals surface area (Å²) in [4.78, 5) is 11.5. The third-order valence-electron chi connectivity index (χ3n) is 3.13. The Hall–Kier alpha value is -2.76. The number of anilines is 1. The van der Waals surface area contributed by atoms with E-state index in [0.29, 0.717) is 22.7 Å². The second-order valence-electron chi connectivity index (χ2n) is 4.54. The van der Waals surface area contributed by atoms with E-state index in [2.05, 4.69) is 5.32 Å². The van der Waals surface area contributed by atoms with E-state index in [1.807, 2.05) is 0 Å². The number of fused-ring (bicyclic) bond motifs is 1. The number of benzene rings is 2. The van der Waals surface area contributed by atoms with E-state index in [1.54, 1.807) is 18.2 Å². The minimum atomic E-state index is -1.04. The minimum Gasteiger partial charge on any atom is -0.479 e. The lowest BCUT2D eigenvalue weighted by molar-refractivity contribution is -0.138. The first kappa shape index (κ1) is 13.2. The molecule has 21 heavy (non-hydrogen) atoms. The molecule has 0 amide bonds. The van der Waals surface area contributed by atoms with Gasteiger partial charge in [0.15, 0.2) is 17.5 Å². The molecule has 3 rings (SSSR count). The highest BCUT2D eigenvalue weighted by Gasteiger charge is 2.23. The molecule has 2 aromatic rings. The summed E-state index contributed by atoms with van der Waals surface area (Å²) in [7, 11) is 0. The molecule has 0 spiro atoms. The van der Waals surface area contributed by atoms with Gasteiger partial charge in [0.25, 0.3) is 0 Å². The molecule has 0 aliphatic carbocycles. The Bertz CT molecular complexity index is 672. The van der Waals surface area contributed by atoms with Crippen LogP contribution in [0.15, 0.2) is 42.5 Å². The van der Waals surface area contributed by atoms with E-state index in [4.69, 9.17) is 9.47 Å². The summed E-state index contributed by atoms with van der Waals surface area (Å²) in [5, 5.41) is 12.2. The lowest BCUT2D eigenvalue weighted by atomic mass is 10.1. The third-order valence-corrected chi connectivity index (χ3v) is 3.13. The molecular weight excluding hydrogens is 277 g/mol. The number of carbonyl (C=O) groups is 1. The van der Waals surface area contributed by atoms with Crippen LogP contribution in [0.3, 0.4) is 0 Å². The largest absolute Gasteiger partial charge is 0.479 e. The van der Waals surface area contributed by atoms with E-state index in [9.17, 15) is 14.3 Å². The number of halogens is 1. The average Bonchev–Trinajstić information content (AvgIpc) is 2.93. The first-order valence-electron chi connectivity index (χ1n) is 6.28. The molecule has 2 N–H and O–H groups in total. The summed E-state index contributed by atoms with van der Waals surface area (Å²) in [6.07, 6.45) is 0. The zero-order valence-corrected chi connectivity index (χ0v) is 10.9. The van der Waals surface area contributed by atoms with Crippen LogP contribution in [0.1, 0.15) is 11.6 Å². The quantitative estimate of drug-likeness (QED) is 0.906. The second-order valence-corrected chi connectivity index (χ2v) is 4.54. The van der Waals surface area contributed by atoms with Gasteiger partial charge in [-0.1, -0.05) is 6.07 Å². The van der Waals surface area contributed by atoms with Crippen LogP contribution in [0.5, 0.6) is 11.5 Å². The first-order valence-corrected chi connectivity index (χ1v) is 6.28. The number of rotatable bonds is 4. The molecule has 0 saturated carbocycles. The highest BCUT2D eigenvalue weighted by atomic mass is 19.1. The molecule has 0 radical (unpaired) electrons. The van der Waals surface area contributed by atoms with Gasteiger partial charge in [0.1, 0.15) is 5.82 Å². The summed E-state index contributed by atoms with van der Waals surface area (Å²) in [5.41, 5.74) is 1.04. The third kappa shape index (κ3) is 2.74. The maximum absolute atomic E-state index is 12.9. The Morgan fingerprint density at radius 3 is 2.57 bits per heavy atom. The molecule has 1 atom stereocenters. The Balaban J connectivity index is 1.87. The van der Waals surface area contributed by atoms with E-state index in [-0.39, 0.29) is 12.6 Å². The maximum atomic E-state index is 12.9. The zero-order chi connectivity index (χ0) is 14.8. The molecule has 0 aromatic heterocycles. The number of carboxylic acid groups (broad SMARTS) is 1. The highest BCUT2D eigenvalue weighted by Crippen LogP contribution is 2.35. The van der Waals surface area contributed by atoms with Crippen LogP contribution in [0.2, 0.25) is 0 Å². The summed E-state index contributed by atoms with van der Waals surface area (Å²) in [6, 6.07) is 9.48. The summed E-state index contributed by atoms with van der Waals surface area (Å²) in [5.74, 6) is -0.321. The molecule has 1 aliphatic rings. The number of ether oxygens (including phenoxy) is 2. The van der Waals surface area contributed by atoms with Crippen LogP contribution in [0.25, 0.3) is 0 Å². The monoisotopic (exact) mass is 289 g/mol. The molecule has 1 unspecified atom stereocenters. The predicted molar refractivity (Wildman–Crippen MR) is 73.0 cm³/mol. The van der Waals surface area contributed by atoms with Crippen LogP contribution < -0.4 is 14.8 Å². The van der Waals surface area contributed by atoms with Gasteiger partial charge in [-0.15, -0.1) is 0 Å². The molecular formula is C15H12FNO4. The van der Waals surface area contributed by atoms with Crippen molar-refractivity contribution in [1.82, 2.24) is 0 Å². The van der Waals surface area contributed by atoms with Crippen LogP contribution >= 0.6 is 0 Å². The van der Waals surface area contributed by atoms with Crippen molar-refractivity contribution in [2.75, 3.05) is 12.1 Å². The maximum Gasteiger partial charge on any atom is 0.330 e. The number of nitrogens with one attached hydrogen (secondary N) is 1. The summed E-state index contributed by atoms with van der Waals surface area (Å²) in [6.45, 7) is 0.127.